The van der Waals surface area contributed by atoms with Crippen molar-refractivity contribution < 1.29 is 9.53 Å². The number of benzene rings is 2. The summed E-state index contributed by atoms with van der Waals surface area (Å²) in [7, 11) is 0. The van der Waals surface area contributed by atoms with Crippen LogP contribution in [0.25, 0.3) is 0 Å². The van der Waals surface area contributed by atoms with E-state index in [2.05, 4.69) is 10.2 Å². The minimum absolute atomic E-state index is 0.289. The van der Waals surface area contributed by atoms with E-state index in [1.807, 2.05) is 19.1 Å². The van der Waals surface area contributed by atoms with Crippen LogP contribution in [-0.2, 0) is 4.74 Å². The molecule has 132 valence electrons. The Morgan fingerprint density at radius 2 is 1.92 bits per heavy atom. The molecule has 1 aliphatic heterocycles. The molecule has 2 aromatic rings. The quantitative estimate of drug-likeness (QED) is 0.791. The van der Waals surface area contributed by atoms with Gasteiger partial charge in [0.1, 0.15) is 0 Å². The number of aryl methyl sites for hydroxylation is 1. The third-order valence-corrected chi connectivity index (χ3v) is 4.70. The fraction of sp³-hybridized carbons (Fsp3) is 0.278. The summed E-state index contributed by atoms with van der Waals surface area (Å²) in [6.07, 6.45) is 0. The lowest BCUT2D eigenvalue weighted by Crippen LogP contribution is -2.36. The van der Waals surface area contributed by atoms with Crippen LogP contribution in [0.3, 0.4) is 0 Å². The monoisotopic (exact) mass is 379 g/mol. The first kappa shape index (κ1) is 17.9. The molecular formula is C18H19Cl2N3O2. The number of carbonyl (C=O) groups is 1. The molecule has 0 spiro atoms. The SMILES string of the molecule is Cc1cc(N)c(N2CCOCC2)cc1NC(=O)c1ccc(Cl)cc1Cl. The van der Waals surface area contributed by atoms with E-state index in [1.165, 1.54) is 0 Å². The summed E-state index contributed by atoms with van der Waals surface area (Å²) in [5, 5.41) is 3.71. The molecule has 1 aliphatic rings. The molecule has 1 saturated heterocycles. The molecule has 0 atom stereocenters. The van der Waals surface area contributed by atoms with Crippen LogP contribution in [0.15, 0.2) is 30.3 Å². The van der Waals surface area contributed by atoms with E-state index < -0.39 is 0 Å². The van der Waals surface area contributed by atoms with Gasteiger partial charge in [0.25, 0.3) is 5.91 Å². The van der Waals surface area contributed by atoms with E-state index in [0.717, 1.165) is 24.3 Å². The third kappa shape index (κ3) is 4.00. The Morgan fingerprint density at radius 1 is 1.20 bits per heavy atom. The average Bonchev–Trinajstić information content (AvgIpc) is 2.58. The topological polar surface area (TPSA) is 67.6 Å². The van der Waals surface area contributed by atoms with Gasteiger partial charge < -0.3 is 20.7 Å². The molecule has 3 N–H and O–H groups in total. The Hall–Kier alpha value is -1.95. The van der Waals surface area contributed by atoms with Gasteiger partial charge in [-0.05, 0) is 42.8 Å². The number of amides is 1. The fourth-order valence-electron chi connectivity index (χ4n) is 2.79. The van der Waals surface area contributed by atoms with Gasteiger partial charge in [0, 0.05) is 23.8 Å². The number of nitrogen functional groups attached to an aromatic ring is 1. The average molecular weight is 380 g/mol. The number of nitrogens with one attached hydrogen (secondary N) is 1. The number of nitrogens with two attached hydrogens (primary N) is 1. The molecule has 25 heavy (non-hydrogen) atoms. The van der Waals surface area contributed by atoms with Gasteiger partial charge in [-0.3, -0.25) is 4.79 Å². The maximum Gasteiger partial charge on any atom is 0.257 e. The van der Waals surface area contributed by atoms with Gasteiger partial charge in [-0.15, -0.1) is 0 Å². The Morgan fingerprint density at radius 3 is 2.60 bits per heavy atom. The molecule has 1 fully saturated rings. The molecule has 2 aromatic carbocycles. The second kappa shape index (κ2) is 7.52. The van der Waals surface area contributed by atoms with Crippen molar-refractivity contribution in [3.63, 3.8) is 0 Å². The van der Waals surface area contributed by atoms with Crippen molar-refractivity contribution >= 4 is 46.2 Å². The number of halogens is 2. The van der Waals surface area contributed by atoms with E-state index in [-0.39, 0.29) is 5.91 Å². The molecule has 1 amide bonds. The summed E-state index contributed by atoms with van der Waals surface area (Å²) in [5.41, 5.74) is 9.70. The first-order chi connectivity index (χ1) is 12.0. The van der Waals surface area contributed by atoms with Crippen molar-refractivity contribution in [3.8, 4) is 0 Å². The summed E-state index contributed by atoms with van der Waals surface area (Å²) >= 11 is 12.0. The highest BCUT2D eigenvalue weighted by atomic mass is 35.5. The summed E-state index contributed by atoms with van der Waals surface area (Å²) in [5.74, 6) is -0.289. The highest BCUT2D eigenvalue weighted by Gasteiger charge is 2.17. The number of nitrogens with zero attached hydrogens (tertiary/aromatic N) is 1. The lowest BCUT2D eigenvalue weighted by atomic mass is 10.1. The van der Waals surface area contributed by atoms with Gasteiger partial charge in [0.15, 0.2) is 0 Å². The van der Waals surface area contributed by atoms with Crippen LogP contribution in [0.1, 0.15) is 15.9 Å². The summed E-state index contributed by atoms with van der Waals surface area (Å²) in [4.78, 5) is 14.7. The maximum absolute atomic E-state index is 12.6. The second-order valence-corrected chi connectivity index (χ2v) is 6.75. The highest BCUT2D eigenvalue weighted by Crippen LogP contribution is 2.31. The Balaban J connectivity index is 1.87. The second-order valence-electron chi connectivity index (χ2n) is 5.90. The number of hydrogen-bond donors (Lipinski definition) is 2. The van der Waals surface area contributed by atoms with Gasteiger partial charge in [-0.2, -0.15) is 0 Å². The first-order valence-corrected chi connectivity index (χ1v) is 8.70. The van der Waals surface area contributed by atoms with E-state index >= 15 is 0 Å². The highest BCUT2D eigenvalue weighted by molar-refractivity contribution is 6.37. The normalized spacial score (nSPS) is 14.4. The standard InChI is InChI=1S/C18H19Cl2N3O2/c1-11-8-15(21)17(23-4-6-25-7-5-23)10-16(11)22-18(24)13-3-2-12(19)9-14(13)20/h2-3,8-10H,4-7,21H2,1H3,(H,22,24). The van der Waals surface area contributed by atoms with Gasteiger partial charge in [0.2, 0.25) is 0 Å². The molecule has 1 heterocycles. The molecule has 5 nitrogen and oxygen atoms in total. The fourth-order valence-corrected chi connectivity index (χ4v) is 3.29. The minimum atomic E-state index is -0.289. The molecule has 7 heteroatoms. The molecule has 0 radical (unpaired) electrons. The lowest BCUT2D eigenvalue weighted by molar-refractivity contribution is 0.102. The molecule has 3 rings (SSSR count). The lowest BCUT2D eigenvalue weighted by Gasteiger charge is -2.30. The number of carbonyl (C=O) groups excluding carboxylic acids is 1. The van der Waals surface area contributed by atoms with Crippen LogP contribution >= 0.6 is 23.2 Å². The van der Waals surface area contributed by atoms with E-state index in [0.29, 0.717) is 40.2 Å². The number of hydrogen-bond acceptors (Lipinski definition) is 4. The smallest absolute Gasteiger partial charge is 0.257 e. The van der Waals surface area contributed by atoms with Crippen molar-refractivity contribution in [1.29, 1.82) is 0 Å². The molecule has 0 aliphatic carbocycles. The molecule has 0 saturated carbocycles. The molecular weight excluding hydrogens is 361 g/mol. The number of ether oxygens (including phenoxy) is 1. The predicted octanol–water partition coefficient (Wildman–Crippen LogP) is 3.97. The Bertz CT molecular complexity index is 805. The van der Waals surface area contributed by atoms with E-state index in [1.54, 1.807) is 18.2 Å². The Labute approximate surface area is 156 Å². The molecule has 0 unspecified atom stereocenters. The largest absolute Gasteiger partial charge is 0.397 e. The predicted molar refractivity (Wildman–Crippen MR) is 103 cm³/mol. The van der Waals surface area contributed by atoms with Crippen LogP contribution in [-0.4, -0.2) is 32.2 Å². The summed E-state index contributed by atoms with van der Waals surface area (Å²) in [6.45, 7) is 4.76. The van der Waals surface area contributed by atoms with Crippen LogP contribution in [0, 0.1) is 6.92 Å². The zero-order valence-electron chi connectivity index (χ0n) is 13.8. The van der Waals surface area contributed by atoms with Crippen LogP contribution in [0.5, 0.6) is 0 Å². The van der Waals surface area contributed by atoms with Crippen molar-refractivity contribution in [2.24, 2.45) is 0 Å². The summed E-state index contributed by atoms with van der Waals surface area (Å²) in [6, 6.07) is 8.56. The van der Waals surface area contributed by atoms with Crippen molar-refractivity contribution in [2.45, 2.75) is 6.92 Å². The van der Waals surface area contributed by atoms with Crippen LogP contribution < -0.4 is 16.0 Å². The van der Waals surface area contributed by atoms with Gasteiger partial charge in [-0.1, -0.05) is 23.2 Å². The van der Waals surface area contributed by atoms with E-state index in [9.17, 15) is 4.79 Å². The van der Waals surface area contributed by atoms with Crippen molar-refractivity contribution in [3.05, 3.63) is 51.5 Å². The van der Waals surface area contributed by atoms with Gasteiger partial charge in [-0.25, -0.2) is 0 Å². The van der Waals surface area contributed by atoms with Gasteiger partial charge in [0.05, 0.1) is 35.2 Å². The summed E-state index contributed by atoms with van der Waals surface area (Å²) < 4.78 is 5.38. The maximum atomic E-state index is 12.6. The third-order valence-electron chi connectivity index (χ3n) is 4.15. The van der Waals surface area contributed by atoms with Crippen molar-refractivity contribution in [1.82, 2.24) is 0 Å². The number of morpholine rings is 1. The van der Waals surface area contributed by atoms with Crippen LogP contribution in [0.4, 0.5) is 17.1 Å². The minimum Gasteiger partial charge on any atom is -0.397 e. The first-order valence-electron chi connectivity index (χ1n) is 7.95. The molecule has 0 aromatic heterocycles. The Kier molecular flexibility index (Phi) is 5.37. The van der Waals surface area contributed by atoms with Gasteiger partial charge >= 0.3 is 0 Å². The van der Waals surface area contributed by atoms with E-state index in [4.69, 9.17) is 33.7 Å². The molecule has 0 bridgehead atoms. The number of rotatable bonds is 3. The number of anilines is 3. The van der Waals surface area contributed by atoms with Crippen molar-refractivity contribution in [2.75, 3.05) is 42.3 Å². The zero-order chi connectivity index (χ0) is 18.0. The zero-order valence-corrected chi connectivity index (χ0v) is 15.3. The van der Waals surface area contributed by atoms with Crippen LogP contribution in [0.2, 0.25) is 10.0 Å².